The Balaban J connectivity index is 1.86. The van der Waals surface area contributed by atoms with Crippen LogP contribution in [0.5, 0.6) is 5.06 Å². The molecule has 0 amide bonds. The number of hydrogen-bond donors (Lipinski definition) is 1. The summed E-state index contributed by atoms with van der Waals surface area (Å²) < 4.78 is 5.54. The van der Waals surface area contributed by atoms with Crippen LogP contribution in [0.2, 0.25) is 0 Å². The second kappa shape index (κ2) is 7.49. The molecule has 0 saturated carbocycles. The lowest BCUT2D eigenvalue weighted by Crippen LogP contribution is -1.92. The lowest BCUT2D eigenvalue weighted by molar-refractivity contribution is 0.170. The maximum atomic E-state index is 9.90. The van der Waals surface area contributed by atoms with E-state index in [1.54, 1.807) is 22.7 Å². The highest BCUT2D eigenvalue weighted by molar-refractivity contribution is 7.12. The fourth-order valence-electron chi connectivity index (χ4n) is 1.73. The van der Waals surface area contributed by atoms with Crippen LogP contribution in [-0.4, -0.2) is 11.7 Å². The minimum absolute atomic E-state index is 0.356. The first-order valence-electron chi connectivity index (χ1n) is 6.63. The van der Waals surface area contributed by atoms with Crippen molar-refractivity contribution in [1.29, 1.82) is 0 Å². The zero-order valence-electron chi connectivity index (χ0n) is 11.7. The molecule has 0 aliphatic carbocycles. The molecule has 0 aliphatic heterocycles. The Bertz CT molecular complexity index is 601. The average Bonchev–Trinajstić information content (AvgIpc) is 3.04. The molecule has 20 heavy (non-hydrogen) atoms. The highest BCUT2D eigenvalue weighted by atomic mass is 32.1. The van der Waals surface area contributed by atoms with Crippen molar-refractivity contribution >= 4 is 22.7 Å². The number of aryl methyl sites for hydroxylation is 1. The molecule has 2 nitrogen and oxygen atoms in total. The average molecular weight is 306 g/mol. The summed E-state index contributed by atoms with van der Waals surface area (Å²) in [7, 11) is 0. The fourth-order valence-corrected chi connectivity index (χ4v) is 3.38. The molecule has 1 unspecified atom stereocenters. The summed E-state index contributed by atoms with van der Waals surface area (Å²) in [5.41, 5.74) is 1.21. The molecule has 0 spiro atoms. The maximum absolute atomic E-state index is 9.90. The summed E-state index contributed by atoms with van der Waals surface area (Å²) in [4.78, 5) is 1.96. The van der Waals surface area contributed by atoms with Gasteiger partial charge in [0.2, 0.25) is 0 Å². The summed E-state index contributed by atoms with van der Waals surface area (Å²) in [6, 6.07) is 5.93. The summed E-state index contributed by atoms with van der Waals surface area (Å²) in [5.74, 6) is 6.08. The van der Waals surface area contributed by atoms with E-state index >= 15 is 0 Å². The maximum Gasteiger partial charge on any atom is 0.175 e. The van der Waals surface area contributed by atoms with E-state index in [0.717, 1.165) is 27.7 Å². The van der Waals surface area contributed by atoms with Crippen LogP contribution in [0.1, 0.15) is 41.2 Å². The fraction of sp³-hybridized carbons (Fsp3) is 0.375. The van der Waals surface area contributed by atoms with Gasteiger partial charge in [0.1, 0.15) is 6.61 Å². The molecule has 106 valence electrons. The molecule has 1 atom stereocenters. The van der Waals surface area contributed by atoms with Gasteiger partial charge in [-0.1, -0.05) is 25.2 Å². The van der Waals surface area contributed by atoms with E-state index in [0.29, 0.717) is 6.61 Å². The highest BCUT2D eigenvalue weighted by Gasteiger charge is 2.08. The van der Waals surface area contributed by atoms with Crippen LogP contribution in [0, 0.1) is 18.8 Å². The lowest BCUT2D eigenvalue weighted by Gasteiger charge is -2.04. The second-order valence-electron chi connectivity index (χ2n) is 4.54. The van der Waals surface area contributed by atoms with Crippen LogP contribution in [0.4, 0.5) is 0 Å². The van der Waals surface area contributed by atoms with Crippen molar-refractivity contribution in [2.24, 2.45) is 0 Å². The monoisotopic (exact) mass is 306 g/mol. The van der Waals surface area contributed by atoms with Gasteiger partial charge in [-0.05, 0) is 42.5 Å². The predicted molar refractivity (Wildman–Crippen MR) is 85.6 cm³/mol. The van der Waals surface area contributed by atoms with Crippen LogP contribution in [0.15, 0.2) is 23.6 Å². The molecule has 0 saturated heterocycles. The Hall–Kier alpha value is -1.28. The van der Waals surface area contributed by atoms with Crippen molar-refractivity contribution in [3.8, 4) is 16.9 Å². The lowest BCUT2D eigenvalue weighted by atomic mass is 10.2. The molecule has 2 aromatic heterocycles. The molecule has 2 heterocycles. The summed E-state index contributed by atoms with van der Waals surface area (Å²) in [6.07, 6.45) is 1.42. The Kier molecular flexibility index (Phi) is 5.66. The zero-order valence-corrected chi connectivity index (χ0v) is 13.3. The number of ether oxygens (including phenoxy) is 1. The van der Waals surface area contributed by atoms with Crippen molar-refractivity contribution in [3.05, 3.63) is 38.9 Å². The summed E-state index contributed by atoms with van der Waals surface area (Å²) in [6.45, 7) is 4.51. The van der Waals surface area contributed by atoms with Gasteiger partial charge in [0, 0.05) is 4.88 Å². The molecule has 2 rings (SSSR count). The van der Waals surface area contributed by atoms with Crippen molar-refractivity contribution in [1.82, 2.24) is 0 Å². The van der Waals surface area contributed by atoms with Gasteiger partial charge in [0.15, 0.2) is 5.06 Å². The van der Waals surface area contributed by atoms with Gasteiger partial charge in [-0.3, -0.25) is 0 Å². The van der Waals surface area contributed by atoms with Crippen LogP contribution >= 0.6 is 22.7 Å². The molecule has 0 fully saturated rings. The van der Waals surface area contributed by atoms with E-state index in [2.05, 4.69) is 24.1 Å². The normalized spacial score (nSPS) is 11.8. The van der Waals surface area contributed by atoms with Gasteiger partial charge < -0.3 is 9.84 Å². The van der Waals surface area contributed by atoms with Crippen molar-refractivity contribution in [2.45, 2.75) is 32.8 Å². The molecule has 2 aromatic rings. The molecule has 0 aliphatic rings. The number of aliphatic hydroxyl groups excluding tert-OH is 1. The Labute approximate surface area is 128 Å². The Morgan fingerprint density at radius 1 is 1.40 bits per heavy atom. The van der Waals surface area contributed by atoms with Crippen LogP contribution < -0.4 is 4.74 Å². The van der Waals surface area contributed by atoms with Crippen LogP contribution in [0.25, 0.3) is 0 Å². The first kappa shape index (κ1) is 15.1. The van der Waals surface area contributed by atoms with Gasteiger partial charge in [-0.25, -0.2) is 0 Å². The molecule has 0 bridgehead atoms. The number of thiophene rings is 2. The molecular formula is C16H18O2S2. The number of hydrogen-bond acceptors (Lipinski definition) is 4. The number of rotatable bonds is 5. The third-order valence-corrected chi connectivity index (χ3v) is 4.78. The van der Waals surface area contributed by atoms with Crippen molar-refractivity contribution in [3.63, 3.8) is 0 Å². The Morgan fingerprint density at radius 2 is 2.25 bits per heavy atom. The Morgan fingerprint density at radius 3 is 2.95 bits per heavy atom. The first-order valence-corrected chi connectivity index (χ1v) is 8.33. The largest absolute Gasteiger partial charge is 0.471 e. The summed E-state index contributed by atoms with van der Waals surface area (Å²) in [5, 5.41) is 12.9. The van der Waals surface area contributed by atoms with Crippen LogP contribution in [-0.2, 0) is 0 Å². The number of aliphatic hydroxyl groups is 1. The molecule has 0 radical (unpaired) electrons. The van der Waals surface area contributed by atoms with E-state index in [4.69, 9.17) is 4.74 Å². The van der Waals surface area contributed by atoms with Crippen molar-refractivity contribution < 1.29 is 9.84 Å². The minimum Gasteiger partial charge on any atom is -0.471 e. The summed E-state index contributed by atoms with van der Waals surface area (Å²) >= 11 is 3.14. The van der Waals surface area contributed by atoms with Gasteiger partial charge >= 0.3 is 0 Å². The van der Waals surface area contributed by atoms with Gasteiger partial charge in [-0.15, -0.1) is 22.7 Å². The van der Waals surface area contributed by atoms with Gasteiger partial charge in [0.05, 0.1) is 11.0 Å². The van der Waals surface area contributed by atoms with E-state index in [-0.39, 0.29) is 6.10 Å². The third-order valence-electron chi connectivity index (χ3n) is 2.72. The van der Waals surface area contributed by atoms with Crippen molar-refractivity contribution in [2.75, 3.05) is 6.61 Å². The van der Waals surface area contributed by atoms with E-state index in [1.807, 2.05) is 25.1 Å². The van der Waals surface area contributed by atoms with E-state index in [1.165, 1.54) is 5.56 Å². The highest BCUT2D eigenvalue weighted by Crippen LogP contribution is 2.26. The topological polar surface area (TPSA) is 29.5 Å². The standard InChI is InChI=1S/C16H18O2S2/c1-3-5-14(17)15-8-7-13(20-15)6-4-9-18-16-10-12(2)11-19-16/h7-8,10-11,14,17H,3,5,9H2,1-2H3. The van der Waals surface area contributed by atoms with Gasteiger partial charge in [-0.2, -0.15) is 0 Å². The molecule has 0 aromatic carbocycles. The van der Waals surface area contributed by atoms with Gasteiger partial charge in [0.25, 0.3) is 0 Å². The molecule has 1 N–H and O–H groups in total. The third kappa shape index (κ3) is 4.38. The predicted octanol–water partition coefficient (Wildman–Crippen LogP) is 4.38. The first-order chi connectivity index (χ1) is 9.69. The molecular weight excluding hydrogens is 288 g/mol. The van der Waals surface area contributed by atoms with E-state index in [9.17, 15) is 5.11 Å². The quantitative estimate of drug-likeness (QED) is 0.831. The van der Waals surface area contributed by atoms with E-state index < -0.39 is 0 Å². The van der Waals surface area contributed by atoms with Crippen LogP contribution in [0.3, 0.4) is 0 Å². The minimum atomic E-state index is -0.356. The SMILES string of the molecule is CCCC(O)c1ccc(C#CCOc2cc(C)cs2)s1. The smallest absolute Gasteiger partial charge is 0.175 e. The zero-order chi connectivity index (χ0) is 14.4. The second-order valence-corrected chi connectivity index (χ2v) is 6.53. The molecule has 4 heteroatoms.